The predicted octanol–water partition coefficient (Wildman–Crippen LogP) is 4.66. The molecule has 0 heterocycles. The summed E-state index contributed by atoms with van der Waals surface area (Å²) in [5.41, 5.74) is 0.00832. The highest BCUT2D eigenvalue weighted by Crippen LogP contribution is 2.34. The fraction of sp³-hybridized carbons (Fsp3) is 0.938. The van der Waals surface area contributed by atoms with Crippen LogP contribution in [0.25, 0.3) is 0 Å². The Hall–Kier alpha value is -0.0500. The first-order valence-electron chi connectivity index (χ1n) is 7.95. The van der Waals surface area contributed by atoms with E-state index >= 15 is 0 Å². The van der Waals surface area contributed by atoms with E-state index < -0.39 is 0 Å². The molecule has 1 saturated carbocycles. The van der Waals surface area contributed by atoms with E-state index in [1.807, 2.05) is 0 Å². The van der Waals surface area contributed by atoms with Crippen LogP contribution >= 0.6 is 15.9 Å². The average molecular weight is 332 g/mol. The van der Waals surface area contributed by atoms with Crippen molar-refractivity contribution in [3.05, 3.63) is 0 Å². The molecule has 1 N–H and O–H groups in total. The van der Waals surface area contributed by atoms with Crippen molar-refractivity contribution in [2.45, 2.75) is 77.7 Å². The predicted molar refractivity (Wildman–Crippen MR) is 85.6 cm³/mol. The van der Waals surface area contributed by atoms with Crippen LogP contribution < -0.4 is 5.32 Å². The molecule has 0 aromatic heterocycles. The van der Waals surface area contributed by atoms with E-state index in [1.165, 1.54) is 19.3 Å². The lowest BCUT2D eigenvalue weighted by Gasteiger charge is -2.40. The maximum atomic E-state index is 12.5. The summed E-state index contributed by atoms with van der Waals surface area (Å²) in [6.07, 6.45) is 9.10. The van der Waals surface area contributed by atoms with Gasteiger partial charge in [0.2, 0.25) is 5.91 Å². The summed E-state index contributed by atoms with van der Waals surface area (Å²) in [4.78, 5) is 12.5. The SMILES string of the molecule is CCCCC(CC)C(=O)NC1(CBr)CCCC(C)C1. The van der Waals surface area contributed by atoms with E-state index in [-0.39, 0.29) is 17.4 Å². The van der Waals surface area contributed by atoms with Crippen LogP contribution in [0.15, 0.2) is 0 Å². The van der Waals surface area contributed by atoms with Gasteiger partial charge >= 0.3 is 0 Å². The first-order chi connectivity index (χ1) is 9.06. The third kappa shape index (κ3) is 5.09. The lowest BCUT2D eigenvalue weighted by molar-refractivity contribution is -0.127. The average Bonchev–Trinajstić information content (AvgIpc) is 2.39. The number of hydrogen-bond donors (Lipinski definition) is 1. The molecule has 0 aliphatic heterocycles. The van der Waals surface area contributed by atoms with Gasteiger partial charge in [-0.15, -0.1) is 0 Å². The van der Waals surface area contributed by atoms with Crippen LogP contribution in [0.5, 0.6) is 0 Å². The van der Waals surface area contributed by atoms with E-state index in [0.29, 0.717) is 0 Å². The molecule has 0 spiro atoms. The molecule has 112 valence electrons. The highest BCUT2D eigenvalue weighted by molar-refractivity contribution is 9.09. The van der Waals surface area contributed by atoms with Gasteiger partial charge in [0.05, 0.1) is 0 Å². The second-order valence-electron chi connectivity index (χ2n) is 6.35. The molecule has 1 aliphatic carbocycles. The van der Waals surface area contributed by atoms with Crippen LogP contribution in [0.3, 0.4) is 0 Å². The molecule has 3 unspecified atom stereocenters. The van der Waals surface area contributed by atoms with Crippen molar-refractivity contribution in [3.63, 3.8) is 0 Å². The quantitative estimate of drug-likeness (QED) is 0.675. The Morgan fingerprint density at radius 2 is 2.21 bits per heavy atom. The molecule has 2 nitrogen and oxygen atoms in total. The molecular weight excluding hydrogens is 302 g/mol. The van der Waals surface area contributed by atoms with E-state index in [1.54, 1.807) is 0 Å². The normalized spacial score (nSPS) is 28.9. The summed E-state index contributed by atoms with van der Waals surface area (Å²) in [6, 6.07) is 0. The minimum Gasteiger partial charge on any atom is -0.350 e. The largest absolute Gasteiger partial charge is 0.350 e. The first-order valence-corrected chi connectivity index (χ1v) is 9.07. The smallest absolute Gasteiger partial charge is 0.223 e. The topological polar surface area (TPSA) is 29.1 Å². The molecule has 0 aromatic carbocycles. The number of halogens is 1. The highest BCUT2D eigenvalue weighted by Gasteiger charge is 2.36. The van der Waals surface area contributed by atoms with Gasteiger partial charge in [0.15, 0.2) is 0 Å². The van der Waals surface area contributed by atoms with Crippen molar-refractivity contribution in [1.82, 2.24) is 5.32 Å². The summed E-state index contributed by atoms with van der Waals surface area (Å²) in [5, 5.41) is 4.28. The van der Waals surface area contributed by atoms with Crippen LogP contribution in [0.4, 0.5) is 0 Å². The van der Waals surface area contributed by atoms with Gasteiger partial charge in [0, 0.05) is 16.8 Å². The van der Waals surface area contributed by atoms with Crippen LogP contribution in [-0.2, 0) is 4.79 Å². The fourth-order valence-electron chi connectivity index (χ4n) is 3.26. The summed E-state index contributed by atoms with van der Waals surface area (Å²) < 4.78 is 0. The van der Waals surface area contributed by atoms with Crippen LogP contribution in [-0.4, -0.2) is 16.8 Å². The third-order valence-corrected chi connectivity index (χ3v) is 5.58. The first kappa shape index (κ1) is 17.0. The van der Waals surface area contributed by atoms with Gasteiger partial charge in [0.1, 0.15) is 0 Å². The molecule has 3 heteroatoms. The van der Waals surface area contributed by atoms with Gasteiger partial charge in [0.25, 0.3) is 0 Å². The van der Waals surface area contributed by atoms with Gasteiger partial charge in [-0.2, -0.15) is 0 Å². The standard InChI is InChI=1S/C16H30BrNO/c1-4-6-9-14(5-2)15(19)18-16(12-17)10-7-8-13(3)11-16/h13-14H,4-12H2,1-3H3,(H,18,19). The lowest BCUT2D eigenvalue weighted by Crippen LogP contribution is -2.54. The van der Waals surface area contributed by atoms with E-state index in [9.17, 15) is 4.79 Å². The molecule has 0 bridgehead atoms. The molecule has 1 rings (SSSR count). The summed E-state index contributed by atoms with van der Waals surface area (Å²) >= 11 is 3.63. The molecule has 1 amide bonds. The molecule has 3 atom stereocenters. The molecule has 1 aliphatic rings. The van der Waals surface area contributed by atoms with Crippen LogP contribution in [0.1, 0.15) is 72.1 Å². The molecule has 0 saturated heterocycles. The van der Waals surface area contributed by atoms with Gasteiger partial charge in [-0.05, 0) is 31.6 Å². The second kappa shape index (κ2) is 8.28. The number of alkyl halides is 1. The Bertz CT molecular complexity index is 282. The zero-order valence-corrected chi connectivity index (χ0v) is 14.4. The number of unbranched alkanes of at least 4 members (excludes halogenated alkanes) is 1. The monoisotopic (exact) mass is 331 g/mol. The molecule has 1 fully saturated rings. The van der Waals surface area contributed by atoms with Crippen molar-refractivity contribution in [2.24, 2.45) is 11.8 Å². The number of carbonyl (C=O) groups is 1. The number of nitrogens with one attached hydrogen (secondary N) is 1. The zero-order chi connectivity index (χ0) is 14.3. The summed E-state index contributed by atoms with van der Waals surface area (Å²) in [5.74, 6) is 1.21. The van der Waals surface area contributed by atoms with Gasteiger partial charge in [-0.25, -0.2) is 0 Å². The van der Waals surface area contributed by atoms with Crippen molar-refractivity contribution >= 4 is 21.8 Å². The Labute approximate surface area is 127 Å². The van der Waals surface area contributed by atoms with Crippen LogP contribution in [0.2, 0.25) is 0 Å². The lowest BCUT2D eigenvalue weighted by atomic mass is 9.77. The van der Waals surface area contributed by atoms with Gasteiger partial charge in [-0.1, -0.05) is 62.4 Å². The summed E-state index contributed by atoms with van der Waals surface area (Å²) in [7, 11) is 0. The minimum absolute atomic E-state index is 0.00832. The van der Waals surface area contributed by atoms with E-state index in [2.05, 4.69) is 42.0 Å². The fourth-order valence-corrected chi connectivity index (χ4v) is 3.91. The third-order valence-electron chi connectivity index (χ3n) is 4.51. The van der Waals surface area contributed by atoms with Crippen LogP contribution in [0, 0.1) is 11.8 Å². The molecular formula is C16H30BrNO. The highest BCUT2D eigenvalue weighted by atomic mass is 79.9. The van der Waals surface area contributed by atoms with E-state index in [4.69, 9.17) is 0 Å². The maximum absolute atomic E-state index is 12.5. The second-order valence-corrected chi connectivity index (χ2v) is 6.91. The molecule has 0 aromatic rings. The number of rotatable bonds is 7. The zero-order valence-electron chi connectivity index (χ0n) is 12.8. The maximum Gasteiger partial charge on any atom is 0.223 e. The summed E-state index contributed by atoms with van der Waals surface area (Å²) in [6.45, 7) is 6.62. The minimum atomic E-state index is 0.00832. The Balaban J connectivity index is 2.60. The van der Waals surface area contributed by atoms with E-state index in [0.717, 1.165) is 43.4 Å². The molecule has 19 heavy (non-hydrogen) atoms. The number of carbonyl (C=O) groups excluding carboxylic acids is 1. The van der Waals surface area contributed by atoms with Gasteiger partial charge < -0.3 is 5.32 Å². The van der Waals surface area contributed by atoms with Gasteiger partial charge in [-0.3, -0.25) is 4.79 Å². The Morgan fingerprint density at radius 3 is 2.74 bits per heavy atom. The number of amides is 1. The molecule has 0 radical (unpaired) electrons. The Morgan fingerprint density at radius 1 is 1.47 bits per heavy atom. The van der Waals surface area contributed by atoms with Crippen molar-refractivity contribution in [2.75, 3.05) is 5.33 Å². The number of hydrogen-bond acceptors (Lipinski definition) is 1. The Kier molecular flexibility index (Phi) is 7.41. The van der Waals surface area contributed by atoms with Crippen molar-refractivity contribution in [1.29, 1.82) is 0 Å². The van der Waals surface area contributed by atoms with Crippen molar-refractivity contribution in [3.8, 4) is 0 Å². The van der Waals surface area contributed by atoms with Crippen molar-refractivity contribution < 1.29 is 4.79 Å².